The van der Waals surface area contributed by atoms with Gasteiger partial charge in [0.15, 0.2) is 0 Å². The first-order valence-electron chi connectivity index (χ1n) is 3.12. The van der Waals surface area contributed by atoms with E-state index in [0.29, 0.717) is 6.07 Å². The second kappa shape index (κ2) is 2.82. The fourth-order valence-electron chi connectivity index (χ4n) is 0.725. The Bertz CT molecular complexity index is 398. The molecule has 0 radical (unpaired) electrons. The predicted octanol–water partition coefficient (Wildman–Crippen LogP) is 1.79. The maximum atomic E-state index is 12.7. The van der Waals surface area contributed by atoms with E-state index in [0.717, 1.165) is 6.07 Å². The Morgan fingerprint density at radius 3 is 2.33 bits per heavy atom. The monoisotopic (exact) mass is 192 g/mol. The highest BCUT2D eigenvalue weighted by Gasteiger charge is 2.12. The van der Waals surface area contributed by atoms with E-state index in [9.17, 15) is 16.7 Å². The first-order valence-corrected chi connectivity index (χ1v) is 4.50. The fourth-order valence-corrected chi connectivity index (χ4v) is 1.20. The third-order valence-corrected chi connectivity index (χ3v) is 2.24. The second-order valence-corrected chi connectivity index (χ2v) is 3.70. The van der Waals surface area contributed by atoms with Gasteiger partial charge in [0, 0.05) is 0 Å². The number of rotatable bonds is 1. The minimum Gasteiger partial charge on any atom is -0.207 e. The van der Waals surface area contributed by atoms with Crippen molar-refractivity contribution in [1.29, 1.82) is 0 Å². The Hall–Kier alpha value is -0.970. The zero-order chi connectivity index (χ0) is 9.35. The zero-order valence-corrected chi connectivity index (χ0v) is 7.03. The fraction of sp³-hybridized carbons (Fsp3) is 0.143. The van der Waals surface area contributed by atoms with Crippen LogP contribution in [0, 0.1) is 12.7 Å². The molecule has 66 valence electrons. The van der Waals surface area contributed by atoms with Crippen molar-refractivity contribution in [2.45, 2.75) is 11.8 Å². The first-order chi connectivity index (χ1) is 5.41. The molecular formula is C7H6F2O2S. The van der Waals surface area contributed by atoms with Crippen molar-refractivity contribution >= 4 is 10.2 Å². The molecule has 12 heavy (non-hydrogen) atoms. The summed E-state index contributed by atoms with van der Waals surface area (Å²) in [5, 5.41) is 0. The van der Waals surface area contributed by atoms with Gasteiger partial charge in [-0.1, -0.05) is 6.07 Å². The van der Waals surface area contributed by atoms with Crippen molar-refractivity contribution in [3.05, 3.63) is 29.6 Å². The Kier molecular flexibility index (Phi) is 2.14. The van der Waals surface area contributed by atoms with Crippen molar-refractivity contribution in [3.8, 4) is 0 Å². The molecule has 2 nitrogen and oxygen atoms in total. The van der Waals surface area contributed by atoms with Crippen LogP contribution in [0.1, 0.15) is 5.56 Å². The Labute approximate surface area is 69.0 Å². The molecule has 0 aliphatic rings. The molecule has 0 spiro atoms. The summed E-state index contributed by atoms with van der Waals surface area (Å²) in [5.41, 5.74) is 0.280. The Balaban J connectivity index is 3.33. The Morgan fingerprint density at radius 1 is 1.33 bits per heavy atom. The van der Waals surface area contributed by atoms with Gasteiger partial charge in [-0.25, -0.2) is 4.39 Å². The van der Waals surface area contributed by atoms with E-state index < -0.39 is 20.9 Å². The van der Waals surface area contributed by atoms with E-state index in [1.807, 2.05) is 0 Å². The van der Waals surface area contributed by atoms with Crippen LogP contribution >= 0.6 is 0 Å². The van der Waals surface area contributed by atoms with Crippen molar-refractivity contribution in [1.82, 2.24) is 0 Å². The van der Waals surface area contributed by atoms with E-state index in [1.54, 1.807) is 0 Å². The molecule has 0 amide bonds. The lowest BCUT2D eigenvalue weighted by atomic mass is 10.2. The van der Waals surface area contributed by atoms with Crippen LogP contribution < -0.4 is 0 Å². The molecule has 0 aliphatic heterocycles. The van der Waals surface area contributed by atoms with Crippen LogP contribution in [0.3, 0.4) is 0 Å². The van der Waals surface area contributed by atoms with Gasteiger partial charge in [0.1, 0.15) is 10.7 Å². The molecular weight excluding hydrogens is 186 g/mol. The van der Waals surface area contributed by atoms with E-state index >= 15 is 0 Å². The lowest BCUT2D eigenvalue weighted by Crippen LogP contribution is -1.93. The number of hydrogen-bond donors (Lipinski definition) is 0. The van der Waals surface area contributed by atoms with Crippen molar-refractivity contribution < 1.29 is 16.7 Å². The van der Waals surface area contributed by atoms with E-state index in [2.05, 4.69) is 0 Å². The van der Waals surface area contributed by atoms with Gasteiger partial charge in [0.05, 0.1) is 0 Å². The predicted molar refractivity (Wildman–Crippen MR) is 39.4 cm³/mol. The van der Waals surface area contributed by atoms with Crippen molar-refractivity contribution in [3.63, 3.8) is 0 Å². The maximum absolute atomic E-state index is 12.7. The van der Waals surface area contributed by atoms with Gasteiger partial charge in [-0.2, -0.15) is 8.42 Å². The highest BCUT2D eigenvalue weighted by molar-refractivity contribution is 7.86. The molecule has 0 atom stereocenters. The molecule has 0 fully saturated rings. The SMILES string of the molecule is Cc1ccc(S(=O)(=O)F)cc1F. The van der Waals surface area contributed by atoms with Crippen LogP contribution in [0.2, 0.25) is 0 Å². The topological polar surface area (TPSA) is 34.1 Å². The standard InChI is InChI=1S/C7H6F2O2S/c1-5-2-3-6(4-7(5)8)12(9,10)11/h2-4H,1H3. The molecule has 0 heterocycles. The van der Waals surface area contributed by atoms with Gasteiger partial charge in [-0.15, -0.1) is 3.89 Å². The van der Waals surface area contributed by atoms with E-state index in [1.165, 1.54) is 13.0 Å². The summed E-state index contributed by atoms with van der Waals surface area (Å²) < 4.78 is 45.4. The Morgan fingerprint density at radius 2 is 1.92 bits per heavy atom. The molecule has 1 aromatic carbocycles. The molecule has 1 rings (SSSR count). The van der Waals surface area contributed by atoms with Crippen LogP contribution in [0.15, 0.2) is 23.1 Å². The van der Waals surface area contributed by atoms with Crippen LogP contribution in [-0.2, 0) is 10.2 Å². The normalized spacial score (nSPS) is 11.6. The average Bonchev–Trinajstić information content (AvgIpc) is 1.92. The highest BCUT2D eigenvalue weighted by Crippen LogP contribution is 2.15. The summed E-state index contributed by atoms with van der Waals surface area (Å²) in [6.07, 6.45) is 0. The summed E-state index contributed by atoms with van der Waals surface area (Å²) in [4.78, 5) is -0.648. The third-order valence-electron chi connectivity index (χ3n) is 1.42. The van der Waals surface area contributed by atoms with Crippen LogP contribution in [0.4, 0.5) is 8.28 Å². The summed E-state index contributed by atoms with van der Waals surface area (Å²) >= 11 is 0. The highest BCUT2D eigenvalue weighted by atomic mass is 32.3. The molecule has 0 aromatic heterocycles. The van der Waals surface area contributed by atoms with Crippen molar-refractivity contribution in [2.75, 3.05) is 0 Å². The number of benzene rings is 1. The average molecular weight is 192 g/mol. The van der Waals surface area contributed by atoms with Gasteiger partial charge in [-0.3, -0.25) is 0 Å². The quantitative estimate of drug-likeness (QED) is 0.636. The molecule has 0 unspecified atom stereocenters. The molecule has 0 saturated heterocycles. The molecule has 0 bridgehead atoms. The van der Waals surface area contributed by atoms with Gasteiger partial charge >= 0.3 is 10.2 Å². The maximum Gasteiger partial charge on any atom is 0.332 e. The summed E-state index contributed by atoms with van der Waals surface area (Å²) in [5.74, 6) is -0.728. The largest absolute Gasteiger partial charge is 0.332 e. The lowest BCUT2D eigenvalue weighted by molar-refractivity contribution is 0.549. The van der Waals surface area contributed by atoms with Gasteiger partial charge in [0.2, 0.25) is 0 Å². The van der Waals surface area contributed by atoms with Gasteiger partial charge in [-0.05, 0) is 24.6 Å². The van der Waals surface area contributed by atoms with E-state index in [-0.39, 0.29) is 5.56 Å². The minimum atomic E-state index is -4.78. The van der Waals surface area contributed by atoms with Gasteiger partial charge < -0.3 is 0 Å². The summed E-state index contributed by atoms with van der Waals surface area (Å²) in [6.45, 7) is 1.46. The molecule has 1 aromatic rings. The molecule has 0 saturated carbocycles. The van der Waals surface area contributed by atoms with E-state index in [4.69, 9.17) is 0 Å². The second-order valence-electron chi connectivity index (χ2n) is 2.35. The van der Waals surface area contributed by atoms with Crippen LogP contribution in [0.5, 0.6) is 0 Å². The molecule has 0 N–H and O–H groups in total. The lowest BCUT2D eigenvalue weighted by Gasteiger charge is -1.97. The van der Waals surface area contributed by atoms with Crippen molar-refractivity contribution in [2.24, 2.45) is 0 Å². The van der Waals surface area contributed by atoms with Crippen LogP contribution in [-0.4, -0.2) is 8.42 Å². The smallest absolute Gasteiger partial charge is 0.207 e. The molecule has 5 heteroatoms. The van der Waals surface area contributed by atoms with Crippen LogP contribution in [0.25, 0.3) is 0 Å². The third kappa shape index (κ3) is 1.79. The number of halogens is 2. The molecule has 0 aliphatic carbocycles. The first kappa shape index (κ1) is 9.12. The number of hydrogen-bond acceptors (Lipinski definition) is 2. The number of aryl methyl sites for hydroxylation is 1. The van der Waals surface area contributed by atoms with Gasteiger partial charge in [0.25, 0.3) is 0 Å². The summed E-state index contributed by atoms with van der Waals surface area (Å²) in [6, 6.07) is 2.89. The zero-order valence-electron chi connectivity index (χ0n) is 6.21. The minimum absolute atomic E-state index is 0.280. The summed E-state index contributed by atoms with van der Waals surface area (Å²) in [7, 11) is -4.78.